The quantitative estimate of drug-likeness (QED) is 0.844. The van der Waals surface area contributed by atoms with E-state index in [4.69, 9.17) is 10.5 Å². The summed E-state index contributed by atoms with van der Waals surface area (Å²) in [5, 5.41) is 0. The molecule has 0 aromatic heterocycles. The number of hydrogen-bond donors (Lipinski definition) is 1. The zero-order valence-electron chi connectivity index (χ0n) is 9.70. The average molecular weight is 249 g/mol. The minimum Gasteiger partial charge on any atom is -0.399 e. The molecule has 94 valence electrons. The first-order valence-corrected chi connectivity index (χ1v) is 5.50. The highest BCUT2D eigenvalue weighted by molar-refractivity contribution is 5.39. The molecule has 18 heavy (non-hydrogen) atoms. The van der Waals surface area contributed by atoms with Crippen molar-refractivity contribution in [3.63, 3.8) is 0 Å². The number of benzene rings is 2. The Morgan fingerprint density at radius 1 is 0.833 bits per heavy atom. The lowest BCUT2D eigenvalue weighted by Gasteiger charge is -2.05. The van der Waals surface area contributed by atoms with Gasteiger partial charge in [-0.1, -0.05) is 12.1 Å². The van der Waals surface area contributed by atoms with Gasteiger partial charge >= 0.3 is 0 Å². The molecule has 0 aliphatic heterocycles. The molecule has 2 aromatic carbocycles. The van der Waals surface area contributed by atoms with Crippen LogP contribution in [-0.4, -0.2) is 0 Å². The predicted octanol–water partition coefficient (Wildman–Crippen LogP) is 3.26. The first-order valence-electron chi connectivity index (χ1n) is 5.50. The Morgan fingerprint density at radius 2 is 1.39 bits per heavy atom. The highest BCUT2D eigenvalue weighted by atomic mass is 19.1. The number of nitrogen functional groups attached to an aromatic ring is 1. The van der Waals surface area contributed by atoms with Crippen LogP contribution in [0.3, 0.4) is 0 Å². The van der Waals surface area contributed by atoms with Crippen molar-refractivity contribution in [1.82, 2.24) is 0 Å². The van der Waals surface area contributed by atoms with Gasteiger partial charge in [-0.3, -0.25) is 0 Å². The van der Waals surface area contributed by atoms with Gasteiger partial charge in [0.1, 0.15) is 11.6 Å². The van der Waals surface area contributed by atoms with Crippen LogP contribution in [-0.2, 0) is 18.0 Å². The number of hydrogen-bond acceptors (Lipinski definition) is 2. The van der Waals surface area contributed by atoms with Gasteiger partial charge in [0.15, 0.2) is 0 Å². The Kier molecular flexibility index (Phi) is 3.89. The number of ether oxygens (including phenoxy) is 1. The van der Waals surface area contributed by atoms with Crippen LogP contribution < -0.4 is 5.73 Å². The SMILES string of the molecule is Nc1ccc(COCc2cc(F)cc(F)c2)cc1. The average Bonchev–Trinajstić information content (AvgIpc) is 2.30. The molecule has 0 atom stereocenters. The molecule has 0 heterocycles. The van der Waals surface area contributed by atoms with Crippen molar-refractivity contribution in [2.45, 2.75) is 13.2 Å². The molecule has 0 amide bonds. The molecule has 0 fully saturated rings. The smallest absolute Gasteiger partial charge is 0.126 e. The zero-order valence-corrected chi connectivity index (χ0v) is 9.70. The molecule has 0 unspecified atom stereocenters. The molecule has 4 heteroatoms. The van der Waals surface area contributed by atoms with Crippen LogP contribution in [0.15, 0.2) is 42.5 Å². The molecule has 2 aromatic rings. The summed E-state index contributed by atoms with van der Waals surface area (Å²) in [5.74, 6) is -1.19. The molecule has 2 nitrogen and oxygen atoms in total. The molecular weight excluding hydrogens is 236 g/mol. The molecule has 2 N–H and O–H groups in total. The van der Waals surface area contributed by atoms with E-state index in [9.17, 15) is 8.78 Å². The van der Waals surface area contributed by atoms with E-state index >= 15 is 0 Å². The van der Waals surface area contributed by atoms with Crippen molar-refractivity contribution < 1.29 is 13.5 Å². The maximum Gasteiger partial charge on any atom is 0.126 e. The number of nitrogens with two attached hydrogens (primary N) is 1. The Hall–Kier alpha value is -1.94. The van der Waals surface area contributed by atoms with E-state index in [0.29, 0.717) is 17.9 Å². The maximum absolute atomic E-state index is 12.9. The van der Waals surface area contributed by atoms with E-state index in [2.05, 4.69) is 0 Å². The van der Waals surface area contributed by atoms with Gasteiger partial charge in [0.05, 0.1) is 13.2 Å². The Labute approximate surface area is 104 Å². The normalized spacial score (nSPS) is 10.6. The third-order valence-corrected chi connectivity index (χ3v) is 2.44. The fraction of sp³-hybridized carbons (Fsp3) is 0.143. The van der Waals surface area contributed by atoms with Gasteiger partial charge < -0.3 is 10.5 Å². The van der Waals surface area contributed by atoms with Gasteiger partial charge in [-0.25, -0.2) is 8.78 Å². The standard InChI is InChI=1S/C14H13F2NO/c15-12-5-11(6-13(16)7-12)9-18-8-10-1-3-14(17)4-2-10/h1-7H,8-9,17H2. The fourth-order valence-corrected chi connectivity index (χ4v) is 1.59. The van der Waals surface area contributed by atoms with E-state index in [1.54, 1.807) is 12.1 Å². The predicted molar refractivity (Wildman–Crippen MR) is 65.7 cm³/mol. The maximum atomic E-state index is 12.9. The van der Waals surface area contributed by atoms with E-state index in [1.165, 1.54) is 12.1 Å². The molecule has 0 radical (unpaired) electrons. The molecule has 2 rings (SSSR count). The summed E-state index contributed by atoms with van der Waals surface area (Å²) in [4.78, 5) is 0. The van der Waals surface area contributed by atoms with Crippen LogP contribution >= 0.6 is 0 Å². The second-order valence-electron chi connectivity index (χ2n) is 4.01. The van der Waals surface area contributed by atoms with Gasteiger partial charge in [0, 0.05) is 11.8 Å². The van der Waals surface area contributed by atoms with Crippen molar-refractivity contribution in [2.75, 3.05) is 5.73 Å². The molecule has 0 spiro atoms. The lowest BCUT2D eigenvalue weighted by atomic mass is 10.2. The topological polar surface area (TPSA) is 35.2 Å². The monoisotopic (exact) mass is 249 g/mol. The minimum absolute atomic E-state index is 0.166. The second-order valence-corrected chi connectivity index (χ2v) is 4.01. The van der Waals surface area contributed by atoms with Crippen LogP contribution in [0.1, 0.15) is 11.1 Å². The lowest BCUT2D eigenvalue weighted by molar-refractivity contribution is 0.107. The summed E-state index contributed by atoms with van der Waals surface area (Å²) < 4.78 is 31.2. The third-order valence-electron chi connectivity index (χ3n) is 2.44. The Balaban J connectivity index is 1.90. The lowest BCUT2D eigenvalue weighted by Crippen LogP contribution is -1.96. The van der Waals surface area contributed by atoms with Gasteiger partial charge in [-0.15, -0.1) is 0 Å². The Bertz CT molecular complexity index is 506. The van der Waals surface area contributed by atoms with E-state index in [1.807, 2.05) is 12.1 Å². The van der Waals surface area contributed by atoms with Gasteiger partial charge in [0.25, 0.3) is 0 Å². The van der Waals surface area contributed by atoms with E-state index < -0.39 is 11.6 Å². The summed E-state index contributed by atoms with van der Waals surface area (Å²) in [6.45, 7) is 0.539. The zero-order chi connectivity index (χ0) is 13.0. The molecule has 0 bridgehead atoms. The van der Waals surface area contributed by atoms with Crippen LogP contribution in [0, 0.1) is 11.6 Å². The van der Waals surface area contributed by atoms with Crippen LogP contribution in [0.2, 0.25) is 0 Å². The molecule has 0 saturated carbocycles. The number of anilines is 1. The molecule has 0 saturated heterocycles. The molecular formula is C14H13F2NO. The van der Waals surface area contributed by atoms with Gasteiger partial charge in [-0.2, -0.15) is 0 Å². The van der Waals surface area contributed by atoms with Crippen LogP contribution in [0.5, 0.6) is 0 Å². The van der Waals surface area contributed by atoms with Crippen LogP contribution in [0.4, 0.5) is 14.5 Å². The van der Waals surface area contributed by atoms with Crippen molar-refractivity contribution in [3.8, 4) is 0 Å². The van der Waals surface area contributed by atoms with Crippen molar-refractivity contribution in [1.29, 1.82) is 0 Å². The molecule has 0 aliphatic carbocycles. The van der Waals surface area contributed by atoms with Crippen molar-refractivity contribution >= 4 is 5.69 Å². The highest BCUT2D eigenvalue weighted by Gasteiger charge is 2.01. The van der Waals surface area contributed by atoms with Crippen LogP contribution in [0.25, 0.3) is 0 Å². The van der Waals surface area contributed by atoms with Gasteiger partial charge in [-0.05, 0) is 35.4 Å². The highest BCUT2D eigenvalue weighted by Crippen LogP contribution is 2.11. The summed E-state index contributed by atoms with van der Waals surface area (Å²) >= 11 is 0. The van der Waals surface area contributed by atoms with Crippen molar-refractivity contribution in [3.05, 3.63) is 65.2 Å². The number of rotatable bonds is 4. The summed E-state index contributed by atoms with van der Waals surface area (Å²) in [5.41, 5.74) is 7.68. The molecule has 0 aliphatic rings. The van der Waals surface area contributed by atoms with E-state index in [0.717, 1.165) is 11.6 Å². The first kappa shape index (κ1) is 12.5. The number of halogens is 2. The largest absolute Gasteiger partial charge is 0.399 e. The van der Waals surface area contributed by atoms with Crippen molar-refractivity contribution in [2.24, 2.45) is 0 Å². The van der Waals surface area contributed by atoms with Gasteiger partial charge in [0.2, 0.25) is 0 Å². The summed E-state index contributed by atoms with van der Waals surface area (Å²) in [7, 11) is 0. The minimum atomic E-state index is -0.596. The first-order chi connectivity index (χ1) is 8.63. The Morgan fingerprint density at radius 3 is 2.00 bits per heavy atom. The fourth-order valence-electron chi connectivity index (χ4n) is 1.59. The summed E-state index contributed by atoms with van der Waals surface area (Å²) in [6, 6.07) is 10.6. The third kappa shape index (κ3) is 3.53. The summed E-state index contributed by atoms with van der Waals surface area (Å²) in [6.07, 6.45) is 0. The second kappa shape index (κ2) is 5.60. The van der Waals surface area contributed by atoms with E-state index in [-0.39, 0.29) is 6.61 Å².